The first-order chi connectivity index (χ1) is 2.50. The van der Waals surface area contributed by atoms with E-state index in [9.17, 15) is 0 Å². The van der Waals surface area contributed by atoms with Crippen molar-refractivity contribution in [3.8, 4) is 0 Å². The molecule has 0 radical (unpaired) electrons. The summed E-state index contributed by atoms with van der Waals surface area (Å²) in [6, 6.07) is 0. The van der Waals surface area contributed by atoms with Crippen LogP contribution in [0.3, 0.4) is 0 Å². The normalized spacial score (nSPS) is 28.8. The van der Waals surface area contributed by atoms with Crippen LogP contribution in [0, 0.1) is 0 Å². The monoisotopic (exact) mass is 156 g/mol. The molecule has 0 aromatic rings. The second kappa shape index (κ2) is 2.15. The van der Waals surface area contributed by atoms with Gasteiger partial charge in [-0.05, 0) is 0 Å². The molecule has 0 saturated carbocycles. The summed E-state index contributed by atoms with van der Waals surface area (Å²) in [4.78, 5) is 0. The molecule has 1 fully saturated rings. The van der Waals surface area contributed by atoms with Crippen LogP contribution in [0.2, 0.25) is 5.32 Å². The Balaban J connectivity index is 2.08. The molecule has 0 N–H and O–H groups in total. The molecule has 0 bridgehead atoms. The fourth-order valence-electron chi connectivity index (χ4n) is 0.208. The summed E-state index contributed by atoms with van der Waals surface area (Å²) in [5, 5.41) is 1.35. The molecule has 0 aromatic carbocycles. The molecule has 0 amide bonds. The summed E-state index contributed by atoms with van der Waals surface area (Å²) in [6.45, 7) is 0. The fourth-order valence-corrected chi connectivity index (χ4v) is 3.25. The van der Waals surface area contributed by atoms with Crippen molar-refractivity contribution in [1.82, 2.24) is 0 Å². The van der Waals surface area contributed by atoms with Gasteiger partial charge in [-0.2, -0.15) is 0 Å². The summed E-state index contributed by atoms with van der Waals surface area (Å²) < 4.78 is 5.03. The average molecular weight is 155 g/mol. The molecular formula is C2H5OPSe. The van der Waals surface area contributed by atoms with Gasteiger partial charge in [-0.25, -0.2) is 0 Å². The summed E-state index contributed by atoms with van der Waals surface area (Å²) in [5.74, 6) is 0. The van der Waals surface area contributed by atoms with Crippen LogP contribution in [0.25, 0.3) is 0 Å². The number of hydrogen-bond acceptors (Lipinski definition) is 1. The van der Waals surface area contributed by atoms with Gasteiger partial charge in [0.05, 0.1) is 0 Å². The second-order valence-electron chi connectivity index (χ2n) is 0.800. The third-order valence-electron chi connectivity index (χ3n) is 0.405. The van der Waals surface area contributed by atoms with Crippen LogP contribution in [-0.2, 0) is 3.61 Å². The van der Waals surface area contributed by atoms with E-state index >= 15 is 0 Å². The van der Waals surface area contributed by atoms with Gasteiger partial charge >= 0.3 is 39.2 Å². The Morgan fingerprint density at radius 2 is 2.80 bits per heavy atom. The zero-order valence-corrected chi connectivity index (χ0v) is 5.44. The first kappa shape index (κ1) is 4.08. The van der Waals surface area contributed by atoms with Crippen LogP contribution in [0.1, 0.15) is 0 Å². The van der Waals surface area contributed by atoms with Crippen molar-refractivity contribution in [3.63, 3.8) is 0 Å². The van der Waals surface area contributed by atoms with E-state index in [0.29, 0.717) is 15.3 Å². The minimum absolute atomic E-state index is 0.582. The van der Waals surface area contributed by atoms with E-state index in [1.165, 1.54) is 11.5 Å². The Hall–Kier alpha value is 0.909. The van der Waals surface area contributed by atoms with Gasteiger partial charge in [0.2, 0.25) is 0 Å². The Bertz CT molecular complexity index is 21.2. The third kappa shape index (κ3) is 1.19. The molecule has 30 valence electrons. The van der Waals surface area contributed by atoms with Gasteiger partial charge in [0, 0.05) is 0 Å². The Morgan fingerprint density at radius 3 is 3.00 bits per heavy atom. The predicted molar refractivity (Wildman–Crippen MR) is 24.8 cm³/mol. The maximum atomic E-state index is 5.03. The van der Waals surface area contributed by atoms with Gasteiger partial charge < -0.3 is 0 Å². The second-order valence-corrected chi connectivity index (χ2v) is 4.16. The molecule has 1 saturated heterocycles. The molecule has 5 heavy (non-hydrogen) atoms. The summed E-state index contributed by atoms with van der Waals surface area (Å²) >= 11 is 0.582. The van der Waals surface area contributed by atoms with Gasteiger partial charge in [0.1, 0.15) is 0 Å². The third-order valence-corrected chi connectivity index (χ3v) is 4.17. The van der Waals surface area contributed by atoms with E-state index in [-0.39, 0.29) is 0 Å². The molecule has 3 heteroatoms. The quantitative estimate of drug-likeness (QED) is 0.368. The van der Waals surface area contributed by atoms with Crippen LogP contribution < -0.4 is 0 Å². The molecule has 1 heterocycles. The van der Waals surface area contributed by atoms with Crippen LogP contribution in [-0.4, -0.2) is 21.4 Å². The zero-order chi connectivity index (χ0) is 3.54. The zero-order valence-electron chi connectivity index (χ0n) is 2.73. The van der Waals surface area contributed by atoms with Crippen molar-refractivity contribution in [1.29, 1.82) is 0 Å². The van der Waals surface area contributed by atoms with Crippen molar-refractivity contribution in [2.75, 3.05) is 6.16 Å². The molecular weight excluding hydrogens is 150 g/mol. The standard InChI is InChI=1S/C2H5OPSe/c1-2-5-3-4-1/h4H,1-2H2. The van der Waals surface area contributed by atoms with Crippen molar-refractivity contribution >= 4 is 24.1 Å². The Labute approximate surface area is 39.8 Å². The number of rotatable bonds is 0. The molecule has 1 aliphatic heterocycles. The summed E-state index contributed by atoms with van der Waals surface area (Å²) in [5.41, 5.74) is 0. The van der Waals surface area contributed by atoms with Gasteiger partial charge in [-0.1, -0.05) is 0 Å². The van der Waals surface area contributed by atoms with Gasteiger partial charge in [0.15, 0.2) is 0 Å². The van der Waals surface area contributed by atoms with Crippen LogP contribution in [0.4, 0.5) is 0 Å². The van der Waals surface area contributed by atoms with E-state index in [4.69, 9.17) is 3.61 Å². The summed E-state index contributed by atoms with van der Waals surface area (Å²) in [7, 11) is 0.836. The Morgan fingerprint density at radius 1 is 1.80 bits per heavy atom. The van der Waals surface area contributed by atoms with Crippen molar-refractivity contribution in [3.05, 3.63) is 0 Å². The van der Waals surface area contributed by atoms with Gasteiger partial charge in [0.25, 0.3) is 0 Å². The molecule has 0 spiro atoms. The van der Waals surface area contributed by atoms with Crippen LogP contribution in [0.5, 0.6) is 0 Å². The van der Waals surface area contributed by atoms with Crippen LogP contribution >= 0.6 is 8.81 Å². The molecule has 1 aliphatic rings. The van der Waals surface area contributed by atoms with Crippen molar-refractivity contribution in [2.45, 2.75) is 5.32 Å². The SMILES string of the molecule is C1C[Se]OP1. The topological polar surface area (TPSA) is 9.23 Å². The van der Waals surface area contributed by atoms with Crippen molar-refractivity contribution in [2.24, 2.45) is 0 Å². The van der Waals surface area contributed by atoms with E-state index in [1.54, 1.807) is 0 Å². The molecule has 1 atom stereocenters. The van der Waals surface area contributed by atoms with Crippen LogP contribution in [0.15, 0.2) is 0 Å². The molecule has 1 rings (SSSR count). The van der Waals surface area contributed by atoms with Gasteiger partial charge in [-0.15, -0.1) is 0 Å². The molecule has 0 aliphatic carbocycles. The number of hydrogen-bond donors (Lipinski definition) is 0. The van der Waals surface area contributed by atoms with E-state index < -0.39 is 0 Å². The van der Waals surface area contributed by atoms with E-state index in [1.807, 2.05) is 0 Å². The molecule has 1 nitrogen and oxygen atoms in total. The first-order valence-corrected chi connectivity index (χ1v) is 4.54. The predicted octanol–water partition coefficient (Wildman–Crippen LogP) is 0.648. The van der Waals surface area contributed by atoms with Gasteiger partial charge in [-0.3, -0.25) is 0 Å². The maximum absolute atomic E-state index is 5.03. The van der Waals surface area contributed by atoms with E-state index in [2.05, 4.69) is 0 Å². The minimum atomic E-state index is 0.582. The Kier molecular flexibility index (Phi) is 1.75. The molecule has 1 unspecified atom stereocenters. The molecule has 0 aromatic heterocycles. The fraction of sp³-hybridized carbons (Fsp3) is 1.00. The average Bonchev–Trinajstić information content (AvgIpc) is 1.76. The summed E-state index contributed by atoms with van der Waals surface area (Å²) in [6.07, 6.45) is 1.33. The van der Waals surface area contributed by atoms with E-state index in [0.717, 1.165) is 8.81 Å². The first-order valence-electron chi connectivity index (χ1n) is 1.51. The van der Waals surface area contributed by atoms with Crippen molar-refractivity contribution < 1.29 is 3.61 Å².